The van der Waals surface area contributed by atoms with Crippen LogP contribution in [0, 0.1) is 0 Å². The third-order valence-corrected chi connectivity index (χ3v) is 1.92. The van der Waals surface area contributed by atoms with Crippen molar-refractivity contribution < 1.29 is 36.2 Å². The Morgan fingerprint density at radius 3 is 2.11 bits per heavy atom. The highest BCUT2D eigenvalue weighted by Gasteiger charge is 2.39. The summed E-state index contributed by atoms with van der Waals surface area (Å²) in [6, 6.07) is -0.148. The summed E-state index contributed by atoms with van der Waals surface area (Å²) >= 11 is 0. The summed E-state index contributed by atoms with van der Waals surface area (Å²) in [5.41, 5.74) is -4.23. The number of pyridine rings is 1. The molecule has 0 aromatic carbocycles. The van der Waals surface area contributed by atoms with Crippen LogP contribution >= 0.6 is 0 Å². The molecule has 0 aliphatic carbocycles. The second-order valence-corrected chi connectivity index (χ2v) is 3.28. The van der Waals surface area contributed by atoms with Gasteiger partial charge in [-0.2, -0.15) is 26.3 Å². The molecule has 18 heavy (non-hydrogen) atoms. The number of rotatable bonds is 2. The van der Waals surface area contributed by atoms with Crippen LogP contribution in [-0.4, -0.2) is 16.1 Å². The van der Waals surface area contributed by atoms with Gasteiger partial charge in [0.05, 0.1) is 23.2 Å². The maximum absolute atomic E-state index is 12.5. The lowest BCUT2D eigenvalue weighted by Gasteiger charge is -2.13. The number of carbonyl (C=O) groups is 1. The highest BCUT2D eigenvalue weighted by molar-refractivity contribution is 5.70. The Kier molecular flexibility index (Phi) is 3.54. The number of carboxylic acid groups (broad SMARTS) is 1. The van der Waals surface area contributed by atoms with E-state index in [1.807, 2.05) is 0 Å². The van der Waals surface area contributed by atoms with Crippen molar-refractivity contribution in [1.29, 1.82) is 0 Å². The van der Waals surface area contributed by atoms with Crippen LogP contribution in [0.15, 0.2) is 12.3 Å². The van der Waals surface area contributed by atoms with Gasteiger partial charge in [0, 0.05) is 6.20 Å². The average Bonchev–Trinajstić information content (AvgIpc) is 2.13. The Labute approximate surface area is 96.1 Å². The lowest BCUT2D eigenvalue weighted by atomic mass is 10.1. The lowest BCUT2D eigenvalue weighted by Crippen LogP contribution is -2.17. The first kappa shape index (κ1) is 14.3. The van der Waals surface area contributed by atoms with Gasteiger partial charge in [0.25, 0.3) is 0 Å². The van der Waals surface area contributed by atoms with Gasteiger partial charge >= 0.3 is 18.3 Å². The van der Waals surface area contributed by atoms with Gasteiger partial charge in [-0.25, -0.2) is 0 Å². The molecule has 0 aliphatic heterocycles. The number of aromatic nitrogens is 1. The van der Waals surface area contributed by atoms with Gasteiger partial charge in [0.15, 0.2) is 0 Å². The predicted octanol–water partition coefficient (Wildman–Crippen LogP) is 2.75. The van der Waals surface area contributed by atoms with Crippen LogP contribution in [0.2, 0.25) is 0 Å². The molecule has 3 nitrogen and oxygen atoms in total. The van der Waals surface area contributed by atoms with E-state index in [0.29, 0.717) is 0 Å². The van der Waals surface area contributed by atoms with Crippen molar-refractivity contribution in [1.82, 2.24) is 4.98 Å². The van der Waals surface area contributed by atoms with Gasteiger partial charge in [-0.05, 0) is 6.07 Å². The molecule has 1 aromatic heterocycles. The molecule has 1 heterocycles. The maximum Gasteiger partial charge on any atom is 0.418 e. The Morgan fingerprint density at radius 2 is 1.72 bits per heavy atom. The molecule has 0 aliphatic rings. The van der Waals surface area contributed by atoms with E-state index in [2.05, 4.69) is 4.98 Å². The number of hydrogen-bond donors (Lipinski definition) is 1. The molecule has 1 rings (SSSR count). The number of nitrogens with zero attached hydrogens (tertiary/aromatic N) is 1. The highest BCUT2D eigenvalue weighted by Crippen LogP contribution is 2.36. The highest BCUT2D eigenvalue weighted by atomic mass is 19.4. The van der Waals surface area contributed by atoms with Gasteiger partial charge < -0.3 is 5.11 Å². The molecule has 0 saturated carbocycles. The minimum Gasteiger partial charge on any atom is -0.481 e. The molecule has 0 bridgehead atoms. The number of alkyl halides is 6. The first-order valence-corrected chi connectivity index (χ1v) is 4.37. The fraction of sp³-hybridized carbons (Fsp3) is 0.333. The van der Waals surface area contributed by atoms with Gasteiger partial charge in [-0.3, -0.25) is 9.78 Å². The van der Waals surface area contributed by atoms with Crippen LogP contribution in [0.5, 0.6) is 0 Å². The zero-order chi connectivity index (χ0) is 14.1. The van der Waals surface area contributed by atoms with Crippen LogP contribution in [0.1, 0.15) is 16.8 Å². The van der Waals surface area contributed by atoms with Crippen LogP contribution in [0.4, 0.5) is 26.3 Å². The molecule has 0 unspecified atom stereocenters. The average molecular weight is 273 g/mol. The van der Waals surface area contributed by atoms with Crippen molar-refractivity contribution in [2.75, 3.05) is 0 Å². The number of carboxylic acids is 1. The largest absolute Gasteiger partial charge is 0.481 e. The van der Waals surface area contributed by atoms with Crippen LogP contribution < -0.4 is 0 Å². The standard InChI is InChI=1S/C9H5F6NO2/c10-8(11,12)4-1-5(9(13,14)15)6(16-3-4)2-7(17)18/h1,3H,2H2,(H,17,18). The summed E-state index contributed by atoms with van der Waals surface area (Å²) in [4.78, 5) is 13.2. The summed E-state index contributed by atoms with van der Waals surface area (Å²) in [6.45, 7) is 0. The Balaban J connectivity index is 3.34. The molecule has 0 amide bonds. The maximum atomic E-state index is 12.5. The zero-order valence-electron chi connectivity index (χ0n) is 8.43. The molecule has 9 heteroatoms. The van der Waals surface area contributed by atoms with Crippen molar-refractivity contribution >= 4 is 5.97 Å². The van der Waals surface area contributed by atoms with Crippen molar-refractivity contribution in [2.45, 2.75) is 18.8 Å². The first-order valence-electron chi connectivity index (χ1n) is 4.37. The molecule has 0 radical (unpaired) electrons. The molecule has 0 spiro atoms. The van der Waals surface area contributed by atoms with Crippen molar-refractivity contribution in [3.8, 4) is 0 Å². The molecule has 0 saturated heterocycles. The molecule has 1 aromatic rings. The first-order chi connectivity index (χ1) is 8.01. The molecule has 1 N–H and O–H groups in total. The number of aliphatic carboxylic acids is 1. The van der Waals surface area contributed by atoms with E-state index in [0.717, 1.165) is 0 Å². The second kappa shape index (κ2) is 4.46. The Hall–Kier alpha value is -1.80. The van der Waals surface area contributed by atoms with E-state index in [1.165, 1.54) is 0 Å². The summed E-state index contributed by atoms with van der Waals surface area (Å²) < 4.78 is 74.1. The third-order valence-electron chi connectivity index (χ3n) is 1.92. The minimum atomic E-state index is -5.10. The van der Waals surface area contributed by atoms with Gasteiger partial charge in [0.2, 0.25) is 0 Å². The molecule has 0 fully saturated rings. The quantitative estimate of drug-likeness (QED) is 0.843. The molecular weight excluding hydrogens is 268 g/mol. The van der Waals surface area contributed by atoms with Crippen LogP contribution in [0.25, 0.3) is 0 Å². The third kappa shape index (κ3) is 3.34. The summed E-state index contributed by atoms with van der Waals surface area (Å²) in [5.74, 6) is -1.62. The van der Waals surface area contributed by atoms with E-state index in [-0.39, 0.29) is 12.3 Å². The monoisotopic (exact) mass is 273 g/mol. The van der Waals surface area contributed by atoms with Crippen molar-refractivity contribution in [2.24, 2.45) is 0 Å². The SMILES string of the molecule is O=C(O)Cc1ncc(C(F)(F)F)cc1C(F)(F)F. The number of hydrogen-bond acceptors (Lipinski definition) is 2. The summed E-state index contributed by atoms with van der Waals surface area (Å²) in [7, 11) is 0. The minimum absolute atomic E-state index is 0.148. The van der Waals surface area contributed by atoms with E-state index in [1.54, 1.807) is 0 Å². The van der Waals surface area contributed by atoms with Crippen LogP contribution in [-0.2, 0) is 23.6 Å². The molecule has 0 atom stereocenters. The molecule has 100 valence electrons. The van der Waals surface area contributed by atoms with Gasteiger partial charge in [0.1, 0.15) is 0 Å². The van der Waals surface area contributed by atoms with E-state index in [9.17, 15) is 31.1 Å². The van der Waals surface area contributed by atoms with Crippen LogP contribution in [0.3, 0.4) is 0 Å². The van der Waals surface area contributed by atoms with Crippen molar-refractivity contribution in [3.05, 3.63) is 29.1 Å². The van der Waals surface area contributed by atoms with E-state index >= 15 is 0 Å². The summed E-state index contributed by atoms with van der Waals surface area (Å²) in [5, 5.41) is 8.36. The summed E-state index contributed by atoms with van der Waals surface area (Å²) in [6.07, 6.45) is -11.0. The lowest BCUT2D eigenvalue weighted by molar-refractivity contribution is -0.144. The molecular formula is C9H5F6NO2. The smallest absolute Gasteiger partial charge is 0.418 e. The topological polar surface area (TPSA) is 50.2 Å². The van der Waals surface area contributed by atoms with E-state index < -0.39 is 41.6 Å². The van der Waals surface area contributed by atoms with Gasteiger partial charge in [-0.1, -0.05) is 0 Å². The normalized spacial score (nSPS) is 12.6. The zero-order valence-corrected chi connectivity index (χ0v) is 8.43. The fourth-order valence-electron chi connectivity index (χ4n) is 1.18. The van der Waals surface area contributed by atoms with Gasteiger partial charge in [-0.15, -0.1) is 0 Å². The van der Waals surface area contributed by atoms with Crippen molar-refractivity contribution in [3.63, 3.8) is 0 Å². The Bertz CT molecular complexity index is 465. The van der Waals surface area contributed by atoms with E-state index in [4.69, 9.17) is 5.11 Å². The Morgan fingerprint density at radius 1 is 1.17 bits per heavy atom. The second-order valence-electron chi connectivity index (χ2n) is 3.28. The number of halogens is 6. The fourth-order valence-corrected chi connectivity index (χ4v) is 1.18. The predicted molar refractivity (Wildman–Crippen MR) is 45.6 cm³/mol.